The summed E-state index contributed by atoms with van der Waals surface area (Å²) in [7, 11) is 1.68. The zero-order valence-corrected chi connectivity index (χ0v) is 12.9. The molecule has 110 valence electrons. The van der Waals surface area contributed by atoms with Gasteiger partial charge >= 0.3 is 0 Å². The summed E-state index contributed by atoms with van der Waals surface area (Å²) in [5, 5.41) is 0. The quantitative estimate of drug-likeness (QED) is 0.675. The third-order valence-corrected chi connectivity index (χ3v) is 3.73. The standard InChI is InChI=1S/C20H19NO/c1-3-18-13-17(15-9-11-19(22-2)12-10-15)14-20(21-18)16-7-5-4-6-8-16/h4-14H,3H2,1-2H3. The molecule has 0 atom stereocenters. The Balaban J connectivity index is 2.07. The second-order valence-electron chi connectivity index (χ2n) is 5.18. The number of pyridine rings is 1. The van der Waals surface area contributed by atoms with Gasteiger partial charge in [-0.25, -0.2) is 0 Å². The van der Waals surface area contributed by atoms with Crippen LogP contribution in [0.15, 0.2) is 66.7 Å². The van der Waals surface area contributed by atoms with Crippen molar-refractivity contribution in [1.29, 1.82) is 0 Å². The van der Waals surface area contributed by atoms with Crippen molar-refractivity contribution in [1.82, 2.24) is 4.98 Å². The molecule has 0 aliphatic heterocycles. The first-order valence-electron chi connectivity index (χ1n) is 7.51. The van der Waals surface area contributed by atoms with Gasteiger partial charge in [0.1, 0.15) is 5.75 Å². The monoisotopic (exact) mass is 289 g/mol. The van der Waals surface area contributed by atoms with Crippen molar-refractivity contribution in [3.8, 4) is 28.1 Å². The Kier molecular flexibility index (Phi) is 4.19. The lowest BCUT2D eigenvalue weighted by Gasteiger charge is -2.09. The van der Waals surface area contributed by atoms with Gasteiger partial charge in [0.2, 0.25) is 0 Å². The molecule has 0 bridgehead atoms. The van der Waals surface area contributed by atoms with Crippen molar-refractivity contribution in [3.05, 3.63) is 72.4 Å². The van der Waals surface area contributed by atoms with E-state index >= 15 is 0 Å². The molecule has 0 unspecified atom stereocenters. The highest BCUT2D eigenvalue weighted by atomic mass is 16.5. The molecule has 3 aromatic rings. The number of ether oxygens (including phenoxy) is 1. The lowest BCUT2D eigenvalue weighted by atomic mass is 10.0. The van der Waals surface area contributed by atoms with Crippen molar-refractivity contribution in [3.63, 3.8) is 0 Å². The fraction of sp³-hybridized carbons (Fsp3) is 0.150. The zero-order chi connectivity index (χ0) is 15.4. The van der Waals surface area contributed by atoms with Gasteiger partial charge < -0.3 is 4.74 Å². The molecule has 0 N–H and O–H groups in total. The Morgan fingerprint density at radius 3 is 2.18 bits per heavy atom. The van der Waals surface area contributed by atoms with E-state index in [9.17, 15) is 0 Å². The topological polar surface area (TPSA) is 22.1 Å². The van der Waals surface area contributed by atoms with Crippen LogP contribution in [-0.4, -0.2) is 12.1 Å². The molecule has 1 heterocycles. The summed E-state index contributed by atoms with van der Waals surface area (Å²) in [6, 6.07) is 22.8. The predicted molar refractivity (Wildman–Crippen MR) is 91.0 cm³/mol. The maximum atomic E-state index is 5.23. The summed E-state index contributed by atoms with van der Waals surface area (Å²) >= 11 is 0. The minimum atomic E-state index is 0.872. The van der Waals surface area contributed by atoms with Crippen molar-refractivity contribution >= 4 is 0 Å². The number of hydrogen-bond acceptors (Lipinski definition) is 2. The van der Waals surface area contributed by atoms with E-state index in [0.29, 0.717) is 0 Å². The average Bonchev–Trinajstić information content (AvgIpc) is 2.62. The highest BCUT2D eigenvalue weighted by Gasteiger charge is 2.06. The minimum absolute atomic E-state index is 0.872. The Labute approximate surface area is 131 Å². The van der Waals surface area contributed by atoms with Crippen LogP contribution >= 0.6 is 0 Å². The largest absolute Gasteiger partial charge is 0.497 e. The fourth-order valence-electron chi connectivity index (χ4n) is 2.48. The van der Waals surface area contributed by atoms with Crippen molar-refractivity contribution in [2.24, 2.45) is 0 Å². The summed E-state index contributed by atoms with van der Waals surface area (Å²) in [5.74, 6) is 0.872. The summed E-state index contributed by atoms with van der Waals surface area (Å²) < 4.78 is 5.23. The molecular formula is C20H19NO. The van der Waals surface area contributed by atoms with Crippen molar-refractivity contribution < 1.29 is 4.74 Å². The van der Waals surface area contributed by atoms with Gasteiger partial charge in [-0.3, -0.25) is 4.98 Å². The zero-order valence-electron chi connectivity index (χ0n) is 12.9. The fourth-order valence-corrected chi connectivity index (χ4v) is 2.48. The van der Waals surface area contributed by atoms with Crippen LogP contribution in [0.4, 0.5) is 0 Å². The maximum absolute atomic E-state index is 5.23. The van der Waals surface area contributed by atoms with Crippen LogP contribution in [0, 0.1) is 0 Å². The van der Waals surface area contributed by atoms with Gasteiger partial charge in [-0.2, -0.15) is 0 Å². The highest BCUT2D eigenvalue weighted by Crippen LogP contribution is 2.27. The summed E-state index contributed by atoms with van der Waals surface area (Å²) in [5.41, 5.74) is 5.63. The summed E-state index contributed by atoms with van der Waals surface area (Å²) in [6.07, 6.45) is 0.920. The molecule has 1 aromatic heterocycles. The first-order chi connectivity index (χ1) is 10.8. The second kappa shape index (κ2) is 6.44. The number of benzene rings is 2. The normalized spacial score (nSPS) is 10.5. The molecule has 22 heavy (non-hydrogen) atoms. The molecule has 0 saturated carbocycles. The lowest BCUT2D eigenvalue weighted by Crippen LogP contribution is -1.93. The van der Waals surface area contributed by atoms with E-state index < -0.39 is 0 Å². The highest BCUT2D eigenvalue weighted by molar-refractivity contribution is 5.71. The van der Waals surface area contributed by atoms with Gasteiger partial charge in [-0.05, 0) is 41.8 Å². The average molecular weight is 289 g/mol. The molecule has 0 fully saturated rings. The molecule has 3 rings (SSSR count). The van der Waals surface area contributed by atoms with Gasteiger partial charge in [0.15, 0.2) is 0 Å². The molecule has 0 spiro atoms. The van der Waals surface area contributed by atoms with E-state index in [0.717, 1.165) is 29.1 Å². The van der Waals surface area contributed by atoms with E-state index in [-0.39, 0.29) is 0 Å². The van der Waals surface area contributed by atoms with Crippen LogP contribution in [0.5, 0.6) is 5.75 Å². The number of nitrogens with zero attached hydrogens (tertiary/aromatic N) is 1. The Hall–Kier alpha value is -2.61. The van der Waals surface area contributed by atoms with E-state index in [1.165, 1.54) is 11.1 Å². The Morgan fingerprint density at radius 1 is 0.818 bits per heavy atom. The van der Waals surface area contributed by atoms with E-state index in [2.05, 4.69) is 43.3 Å². The predicted octanol–water partition coefficient (Wildman–Crippen LogP) is 4.99. The van der Waals surface area contributed by atoms with Crippen LogP contribution in [0.1, 0.15) is 12.6 Å². The van der Waals surface area contributed by atoms with Gasteiger partial charge in [-0.1, -0.05) is 49.4 Å². The molecule has 0 aliphatic carbocycles. The minimum Gasteiger partial charge on any atom is -0.497 e. The smallest absolute Gasteiger partial charge is 0.118 e. The Morgan fingerprint density at radius 2 is 1.55 bits per heavy atom. The number of aryl methyl sites for hydroxylation is 1. The molecular weight excluding hydrogens is 270 g/mol. The van der Waals surface area contributed by atoms with E-state index in [1.54, 1.807) is 7.11 Å². The number of rotatable bonds is 4. The number of methoxy groups -OCH3 is 1. The molecule has 0 radical (unpaired) electrons. The molecule has 2 nitrogen and oxygen atoms in total. The molecule has 2 heteroatoms. The van der Waals surface area contributed by atoms with Gasteiger partial charge in [0.25, 0.3) is 0 Å². The number of hydrogen-bond donors (Lipinski definition) is 0. The third-order valence-electron chi connectivity index (χ3n) is 3.73. The van der Waals surface area contributed by atoms with Crippen LogP contribution in [0.3, 0.4) is 0 Å². The SMILES string of the molecule is CCc1cc(-c2ccc(OC)cc2)cc(-c2ccccc2)n1. The van der Waals surface area contributed by atoms with E-state index in [1.807, 2.05) is 30.3 Å². The Bertz CT molecular complexity index is 748. The summed E-state index contributed by atoms with van der Waals surface area (Å²) in [6.45, 7) is 2.13. The van der Waals surface area contributed by atoms with Crippen molar-refractivity contribution in [2.45, 2.75) is 13.3 Å². The van der Waals surface area contributed by atoms with Gasteiger partial charge in [0, 0.05) is 11.3 Å². The third kappa shape index (κ3) is 3.01. The number of aromatic nitrogens is 1. The van der Waals surface area contributed by atoms with Gasteiger partial charge in [0.05, 0.1) is 12.8 Å². The van der Waals surface area contributed by atoms with Gasteiger partial charge in [-0.15, -0.1) is 0 Å². The van der Waals surface area contributed by atoms with Crippen LogP contribution in [0.2, 0.25) is 0 Å². The second-order valence-corrected chi connectivity index (χ2v) is 5.18. The summed E-state index contributed by atoms with van der Waals surface area (Å²) in [4.78, 5) is 4.76. The molecule has 2 aromatic carbocycles. The van der Waals surface area contributed by atoms with E-state index in [4.69, 9.17) is 9.72 Å². The molecule has 0 amide bonds. The lowest BCUT2D eigenvalue weighted by molar-refractivity contribution is 0.415. The first kappa shape index (κ1) is 14.3. The van der Waals surface area contributed by atoms with Crippen LogP contribution in [0.25, 0.3) is 22.4 Å². The van der Waals surface area contributed by atoms with Crippen LogP contribution < -0.4 is 4.74 Å². The van der Waals surface area contributed by atoms with Crippen molar-refractivity contribution in [2.75, 3.05) is 7.11 Å². The molecule has 0 saturated heterocycles. The van der Waals surface area contributed by atoms with Crippen LogP contribution in [-0.2, 0) is 6.42 Å². The first-order valence-corrected chi connectivity index (χ1v) is 7.51. The molecule has 0 aliphatic rings. The maximum Gasteiger partial charge on any atom is 0.118 e.